The van der Waals surface area contributed by atoms with E-state index in [1.165, 1.54) is 114 Å². The van der Waals surface area contributed by atoms with E-state index in [4.69, 9.17) is 55.2 Å². The van der Waals surface area contributed by atoms with Gasteiger partial charge in [0.2, 0.25) is 69.3 Å². The van der Waals surface area contributed by atoms with Crippen LogP contribution in [0.4, 0.5) is 10.5 Å². The molecule has 0 unspecified atom stereocenters. The van der Waals surface area contributed by atoms with Crippen LogP contribution in [-0.2, 0) is 69.1 Å². The van der Waals surface area contributed by atoms with Crippen molar-refractivity contribution in [1.82, 2.24) is 57.9 Å². The molecule has 18 rings (SSSR count). The first-order chi connectivity index (χ1) is 67.7. The van der Waals surface area contributed by atoms with Crippen LogP contribution >= 0.6 is 11.6 Å². The molecular formula is C99H122ClN13O28S. The molecule has 4 saturated carbocycles. The van der Waals surface area contributed by atoms with Crippen molar-refractivity contribution >= 4 is 80.6 Å². The molecule has 2 saturated heterocycles. The normalized spacial score (nSPS) is 28.2. The van der Waals surface area contributed by atoms with Crippen molar-refractivity contribution in [2.24, 2.45) is 35.3 Å². The monoisotopic (exact) mass is 2010 g/mol. The molecule has 0 spiro atoms. The summed E-state index contributed by atoms with van der Waals surface area (Å²) in [6, 6.07) is 9.36. The summed E-state index contributed by atoms with van der Waals surface area (Å²) in [5, 5.41) is 139. The van der Waals surface area contributed by atoms with E-state index < -0.39 is 266 Å². The maximum Gasteiger partial charge on any atom is 0.325 e. The molecular weight excluding hydrogens is 1890 g/mol. The number of benzene rings is 7. The molecule has 23 N–H and O–H groups in total. The average molecular weight is 2010 g/mol. The summed E-state index contributed by atoms with van der Waals surface area (Å²) in [6.45, 7) is 8.72. The number of hydrogen-bond donors (Lipinski definition) is 22. The minimum Gasteiger partial charge on any atom is -0.507 e. The van der Waals surface area contributed by atoms with E-state index in [-0.39, 0.29) is 87.8 Å². The topological polar surface area (TPSA) is 614 Å². The second-order valence-corrected chi connectivity index (χ2v) is 40.5. The molecule has 7 aromatic carbocycles. The van der Waals surface area contributed by atoms with Crippen LogP contribution in [0.3, 0.4) is 0 Å². The summed E-state index contributed by atoms with van der Waals surface area (Å²) in [6.07, 6.45) is -12.2. The van der Waals surface area contributed by atoms with Gasteiger partial charge >= 0.3 is 6.03 Å². The van der Waals surface area contributed by atoms with E-state index in [2.05, 4.69) is 70.1 Å². The van der Waals surface area contributed by atoms with Crippen LogP contribution in [0.1, 0.15) is 175 Å². The number of anilines is 1. The Labute approximate surface area is 823 Å². The zero-order valence-corrected chi connectivity index (χ0v) is 80.9. The van der Waals surface area contributed by atoms with E-state index in [0.29, 0.717) is 29.9 Å². The molecule has 41 nitrogen and oxygen atoms in total. The van der Waals surface area contributed by atoms with Crippen molar-refractivity contribution in [1.29, 1.82) is 0 Å². The third-order valence-corrected chi connectivity index (χ3v) is 29.2. The Balaban J connectivity index is 0.902. The highest BCUT2D eigenvalue weighted by Crippen LogP contribution is 2.55. The first-order valence-corrected chi connectivity index (χ1v) is 49.3. The number of aliphatic hydroxyl groups excluding tert-OH is 6. The number of aliphatic hydroxyl groups is 6. The van der Waals surface area contributed by atoms with Crippen molar-refractivity contribution in [3.63, 3.8) is 0 Å². The smallest absolute Gasteiger partial charge is 0.325 e. The van der Waals surface area contributed by atoms with Gasteiger partial charge in [-0.1, -0.05) is 63.4 Å². The molecule has 0 aromatic heterocycles. The Morgan fingerprint density at radius 1 is 0.683 bits per heavy atom. The number of imide groups is 1. The summed E-state index contributed by atoms with van der Waals surface area (Å²) in [5.74, 6) is -13.4. The quantitative estimate of drug-likeness (QED) is 0.0283. The molecule has 7 heterocycles. The fourth-order valence-electron chi connectivity index (χ4n) is 20.2. The summed E-state index contributed by atoms with van der Waals surface area (Å²) in [5.41, 5.74) is 2.59. The SMILES string of the molecule is CCCCCOc1ccc(S(=O)(=O)NCCNCc2c(O)cc3c(c2O)-c2cc(ccc2O)[C@H]2NC(=O)[C@@H]4NC(=O)[C@H](CC(=O)NC(=O)Nc5ccc(OC)cc5)NC(=O)[C@H](NC(=O)[C@@H](CC(C)C)NC)[C@H](O)c5ccc(c(C)c5)Oc5cc4cc(c5O[C@@H]4O[C@H](CO)[C@@H](O)[C@H](O)[C@H]4O[C@H]4C[C@](C)(N)[C@H](O)[C@H](C)O4)Oc4ccc(cc4Cl)[C@@H](O)[C@H](NC2=O)C(=O)N[C@@H]3C(=O)NC2C3CC4CC(C3)CC2C4)cc1. The largest absolute Gasteiger partial charge is 0.507 e. The number of aromatic hydroxyl groups is 3. The van der Waals surface area contributed by atoms with E-state index in [0.717, 1.165) is 93.8 Å². The minimum atomic E-state index is -4.16. The number of halogens is 1. The molecule has 18 atom stereocenters. The van der Waals surface area contributed by atoms with Crippen molar-refractivity contribution < 1.29 is 135 Å². The number of nitrogens with one attached hydrogen (secondary N) is 12. The Bertz CT molecular complexity index is 5960. The zero-order chi connectivity index (χ0) is 102. The molecule has 15 bridgehead atoms. The maximum atomic E-state index is 17.0. The van der Waals surface area contributed by atoms with Crippen molar-refractivity contribution in [3.05, 3.63) is 165 Å². The van der Waals surface area contributed by atoms with Crippen LogP contribution in [0.5, 0.6) is 57.5 Å². The predicted octanol–water partition coefficient (Wildman–Crippen LogP) is 5.13. The van der Waals surface area contributed by atoms with E-state index >= 15 is 28.8 Å². The van der Waals surface area contributed by atoms with Crippen LogP contribution in [0.25, 0.3) is 11.1 Å². The molecule has 6 fully saturated rings. The Morgan fingerprint density at radius 3 is 1.98 bits per heavy atom. The average Bonchev–Trinajstić information content (AvgIpc) is 0.747. The van der Waals surface area contributed by atoms with Crippen LogP contribution in [0.15, 0.2) is 126 Å². The Morgan fingerprint density at radius 2 is 1.33 bits per heavy atom. The number of likely N-dealkylation sites (N-methyl/N-ethyl adjacent to an activating group) is 1. The fourth-order valence-corrected chi connectivity index (χ4v) is 21.4. The number of rotatable bonds is 28. The van der Waals surface area contributed by atoms with Gasteiger partial charge in [0.1, 0.15) is 107 Å². The van der Waals surface area contributed by atoms with Crippen LogP contribution in [0, 0.1) is 36.5 Å². The molecule has 43 heteroatoms. The van der Waals surface area contributed by atoms with Crippen LogP contribution < -0.4 is 92.6 Å². The molecule has 11 aliphatic rings. The second kappa shape index (κ2) is 44.4. The van der Waals surface area contributed by atoms with Crippen molar-refractivity contribution in [2.75, 3.05) is 45.8 Å². The number of ether oxygens (including phenoxy) is 8. The fraction of sp³-hybridized carbons (Fsp3) is 0.485. The number of aryl methyl sites for hydroxylation is 1. The lowest BCUT2D eigenvalue weighted by Gasteiger charge is -2.54. The van der Waals surface area contributed by atoms with E-state index in [1.807, 2.05) is 13.8 Å². The lowest BCUT2D eigenvalue weighted by atomic mass is 9.54. The minimum absolute atomic E-state index is 0.0177. The molecule has 10 amide bonds. The number of fused-ring (bicyclic) bond motifs is 15. The number of phenols is 3. The molecule has 142 heavy (non-hydrogen) atoms. The van der Waals surface area contributed by atoms with E-state index in [1.54, 1.807) is 0 Å². The third-order valence-electron chi connectivity index (χ3n) is 27.5. The number of methoxy groups -OCH3 is 1. The van der Waals surface area contributed by atoms with Gasteiger partial charge in [-0.15, -0.1) is 0 Å². The highest BCUT2D eigenvalue weighted by atomic mass is 35.5. The Kier molecular flexibility index (Phi) is 32.6. The number of hydrogen-bond acceptors (Lipinski definition) is 31. The lowest BCUT2D eigenvalue weighted by Crippen LogP contribution is -2.64. The second-order valence-electron chi connectivity index (χ2n) is 38.3. The first-order valence-electron chi connectivity index (χ1n) is 47.4. The summed E-state index contributed by atoms with van der Waals surface area (Å²) < 4.78 is 80.5. The van der Waals surface area contributed by atoms with Gasteiger partial charge in [0, 0.05) is 54.5 Å². The number of unbranched alkanes of at least 4 members (excludes halogenated alkanes) is 2. The van der Waals surface area contributed by atoms with Crippen molar-refractivity contribution in [2.45, 2.75) is 239 Å². The lowest BCUT2D eigenvalue weighted by molar-refractivity contribution is -0.333. The van der Waals surface area contributed by atoms with Crippen molar-refractivity contribution in [3.8, 4) is 68.6 Å². The predicted molar refractivity (Wildman–Crippen MR) is 510 cm³/mol. The van der Waals surface area contributed by atoms with Crippen LogP contribution in [-0.4, -0.2) is 233 Å². The summed E-state index contributed by atoms with van der Waals surface area (Å²) in [4.78, 5) is 141. The number of phenolic OH excluding ortho intramolecular Hbond substituents is 3. The Hall–Kier alpha value is -12.1. The molecule has 0 radical (unpaired) electrons. The highest BCUT2D eigenvalue weighted by Gasteiger charge is 2.54. The number of sulfonamides is 1. The molecule has 764 valence electrons. The number of amides is 10. The molecule has 7 aliphatic heterocycles. The summed E-state index contributed by atoms with van der Waals surface area (Å²) >= 11 is 7.38. The van der Waals surface area contributed by atoms with Crippen LogP contribution in [0.2, 0.25) is 5.02 Å². The number of urea groups is 1. The highest BCUT2D eigenvalue weighted by molar-refractivity contribution is 7.89. The van der Waals surface area contributed by atoms with Gasteiger partial charge in [-0.05, 0) is 239 Å². The van der Waals surface area contributed by atoms with Gasteiger partial charge in [-0.3, -0.25) is 43.7 Å². The van der Waals surface area contributed by atoms with Gasteiger partial charge < -0.3 is 143 Å². The number of carbonyl (C=O) groups is 9. The van der Waals surface area contributed by atoms with Gasteiger partial charge in [0.25, 0.3) is 0 Å². The standard InChI is InChI=1S/C99H122ClN13O28S/c1-9-10-11-28-135-58-19-21-59(22-20-58)142(132,133)104-27-26-103-43-62-67(116)40-61-75(84(62)120)60-36-50(12-23-66(60)115)77-92(126)113-81(96(130)111-79(61)94(128)108-76-53-32-48-31-49(34-53)35-54(76)33-48)83(119)52-14-25-69(63(100)37-52)138-71-39-55-38-70(87(71)141-97-88(86(122)85(121)72(44-114)139-97)140-74-42-99(6,101)89(123)47(5)136-74)137-68-24-13-51(30-46(68)4)82(118)80(112-90(124)64(102-7)29-45(2)3)95(129)106-65(91(125)109-78(55)93(127)110-77)41-73(117)107-98(131)105-56-15-17-57(134-8)18-16-56/h12-25,30,36-40,45,47-49,53-54,64-65,72,74,76-83,85-86,88-89,97,102-104,114-116,118-123H,9-11,26-29,31-35,41-44,101H2,1-8H3,(H,106,129)(H,108,128)(H,109,125)(H,110,127)(H,111,130)(H,112,124)(H,113,126)(H2,105,107,117,131)/t47-,48?,49?,53?,54?,64+,65-,72+,74-,76?,77+,78+,79-,80+,81-,82+,83+,85+,86-,88+,89+,97-,99-/m0/s1. The van der Waals surface area contributed by atoms with Gasteiger partial charge in [-0.2, -0.15) is 0 Å². The van der Waals surface area contributed by atoms with E-state index in [9.17, 15) is 68.8 Å². The number of nitrogens with two attached hydrogens (primary N) is 1. The van der Waals surface area contributed by atoms with Gasteiger partial charge in [0.05, 0.1) is 60.5 Å². The zero-order valence-electron chi connectivity index (χ0n) is 79.3. The van der Waals surface area contributed by atoms with Gasteiger partial charge in [-0.25, -0.2) is 17.9 Å². The van der Waals surface area contributed by atoms with Gasteiger partial charge in [0.15, 0.2) is 23.9 Å². The third kappa shape index (κ3) is 23.4. The first kappa shape index (κ1) is 104. The molecule has 7 aromatic rings. The maximum absolute atomic E-state index is 17.0. The summed E-state index contributed by atoms with van der Waals surface area (Å²) in [7, 11) is -1.27. The number of carbonyl (C=O) groups excluding carboxylic acids is 9. The molecule has 4 aliphatic carbocycles.